The number of nitrogens with one attached hydrogen (secondary N) is 1. The molecule has 12 N–H and O–H groups in total. The van der Waals surface area contributed by atoms with Gasteiger partial charge in [-0.1, -0.05) is 256 Å². The number of rotatable bonds is 57. The Morgan fingerprint density at radius 3 is 1.10 bits per heavy atom. The summed E-state index contributed by atoms with van der Waals surface area (Å²) in [6, 6.07) is -0.989. The molecule has 3 saturated heterocycles. The average molecular weight is 1300 g/mol. The van der Waals surface area contributed by atoms with Gasteiger partial charge in [-0.2, -0.15) is 0 Å². The molecule has 91 heavy (non-hydrogen) atoms. The van der Waals surface area contributed by atoms with Crippen molar-refractivity contribution in [3.63, 3.8) is 0 Å². The number of hydrogen-bond acceptors (Lipinski definition) is 18. The minimum absolute atomic E-state index is 0.238. The SMILES string of the molecule is CCCCCCCCCC/C=C\CCCCCCCCCCCCCCCCCC(=O)NC(COC1OC(CO)C(OC2OC(CO)C(OC3OC(CO)C(O)C(O)C3O)C(O)C2O)C(O)C1O)C(O)/C=C/CC/C=C/CCCCCCCCCCCCCCC. The summed E-state index contributed by atoms with van der Waals surface area (Å²) < 4.78 is 34.4. The van der Waals surface area contributed by atoms with Gasteiger partial charge in [-0.25, -0.2) is 0 Å². The van der Waals surface area contributed by atoms with E-state index in [0.29, 0.717) is 12.8 Å². The molecule has 3 aliphatic rings. The minimum Gasteiger partial charge on any atom is -0.394 e. The molecule has 0 aliphatic carbocycles. The van der Waals surface area contributed by atoms with Gasteiger partial charge in [-0.05, 0) is 57.8 Å². The number of ether oxygens (including phenoxy) is 6. The van der Waals surface area contributed by atoms with Crippen LogP contribution < -0.4 is 5.32 Å². The summed E-state index contributed by atoms with van der Waals surface area (Å²) in [4.78, 5) is 13.4. The Hall–Kier alpha value is -1.99. The zero-order valence-electron chi connectivity index (χ0n) is 56.6. The monoisotopic (exact) mass is 1300 g/mol. The molecule has 0 bridgehead atoms. The Morgan fingerprint density at radius 2 is 0.703 bits per heavy atom. The normalized spacial score (nSPS) is 28.0. The highest BCUT2D eigenvalue weighted by atomic mass is 16.8. The van der Waals surface area contributed by atoms with Crippen LogP contribution in [-0.2, 0) is 33.2 Å². The first-order chi connectivity index (χ1) is 44.3. The zero-order chi connectivity index (χ0) is 66.1. The van der Waals surface area contributed by atoms with Crippen molar-refractivity contribution in [1.29, 1.82) is 0 Å². The minimum atomic E-state index is -1.98. The van der Waals surface area contributed by atoms with Gasteiger partial charge in [0.25, 0.3) is 0 Å². The van der Waals surface area contributed by atoms with Crippen LogP contribution in [0.2, 0.25) is 0 Å². The van der Waals surface area contributed by atoms with Crippen molar-refractivity contribution in [2.24, 2.45) is 0 Å². The molecule has 534 valence electrons. The van der Waals surface area contributed by atoms with Crippen molar-refractivity contribution in [2.75, 3.05) is 26.4 Å². The largest absolute Gasteiger partial charge is 0.394 e. The second-order valence-electron chi connectivity index (χ2n) is 26.4. The van der Waals surface area contributed by atoms with Crippen LogP contribution in [0.25, 0.3) is 0 Å². The van der Waals surface area contributed by atoms with Gasteiger partial charge < -0.3 is 89.9 Å². The van der Waals surface area contributed by atoms with Crippen molar-refractivity contribution >= 4 is 5.91 Å². The molecular weight excluding hydrogens is 1170 g/mol. The van der Waals surface area contributed by atoms with Crippen LogP contribution in [0.5, 0.6) is 0 Å². The number of carbonyl (C=O) groups excluding carboxylic acids is 1. The fourth-order valence-corrected chi connectivity index (χ4v) is 12.4. The fourth-order valence-electron chi connectivity index (χ4n) is 12.4. The van der Waals surface area contributed by atoms with Crippen LogP contribution in [0, 0.1) is 0 Å². The van der Waals surface area contributed by atoms with Gasteiger partial charge in [0.15, 0.2) is 18.9 Å². The van der Waals surface area contributed by atoms with E-state index in [0.717, 1.165) is 38.5 Å². The number of unbranched alkanes of at least 4 members (excludes halogenated alkanes) is 37. The van der Waals surface area contributed by atoms with Crippen molar-refractivity contribution in [2.45, 2.75) is 388 Å². The summed E-state index contributed by atoms with van der Waals surface area (Å²) in [7, 11) is 0. The number of hydrogen-bond donors (Lipinski definition) is 12. The molecule has 0 spiro atoms. The predicted molar refractivity (Wildman–Crippen MR) is 356 cm³/mol. The van der Waals surface area contributed by atoms with Crippen LogP contribution >= 0.6 is 0 Å². The molecule has 3 rings (SSSR count). The molecule has 0 aromatic rings. The van der Waals surface area contributed by atoms with Crippen LogP contribution in [0.4, 0.5) is 0 Å². The Morgan fingerprint density at radius 1 is 0.385 bits per heavy atom. The number of amides is 1. The molecule has 3 aliphatic heterocycles. The van der Waals surface area contributed by atoms with E-state index in [1.165, 1.54) is 212 Å². The molecule has 0 aromatic heterocycles. The smallest absolute Gasteiger partial charge is 0.220 e. The maximum absolute atomic E-state index is 13.4. The van der Waals surface area contributed by atoms with Crippen molar-refractivity contribution < 1.29 is 89.4 Å². The third-order valence-corrected chi connectivity index (χ3v) is 18.4. The lowest BCUT2D eigenvalue weighted by molar-refractivity contribution is -0.379. The van der Waals surface area contributed by atoms with Gasteiger partial charge in [0.2, 0.25) is 5.91 Å². The zero-order valence-corrected chi connectivity index (χ0v) is 56.6. The highest BCUT2D eigenvalue weighted by Crippen LogP contribution is 2.33. The van der Waals surface area contributed by atoms with E-state index in [1.807, 2.05) is 6.08 Å². The third-order valence-electron chi connectivity index (χ3n) is 18.4. The lowest BCUT2D eigenvalue weighted by Gasteiger charge is -2.48. The van der Waals surface area contributed by atoms with Crippen molar-refractivity contribution in [3.8, 4) is 0 Å². The number of aliphatic hydroxyl groups is 11. The van der Waals surface area contributed by atoms with Gasteiger partial charge in [0.1, 0.15) is 73.2 Å². The molecule has 3 fully saturated rings. The second kappa shape index (κ2) is 54.1. The first kappa shape index (κ1) is 83.2. The molecule has 3 heterocycles. The predicted octanol–water partition coefficient (Wildman–Crippen LogP) is 10.4. The van der Waals surface area contributed by atoms with E-state index in [9.17, 15) is 61.0 Å². The van der Waals surface area contributed by atoms with Gasteiger partial charge in [-0.15, -0.1) is 0 Å². The van der Waals surface area contributed by atoms with E-state index >= 15 is 0 Å². The lowest BCUT2D eigenvalue weighted by Crippen LogP contribution is -2.66. The fraction of sp³-hybridized carbons (Fsp3) is 0.903. The van der Waals surface area contributed by atoms with Crippen molar-refractivity contribution in [1.82, 2.24) is 5.32 Å². The Kier molecular flexibility index (Phi) is 49.5. The van der Waals surface area contributed by atoms with Gasteiger partial charge in [0, 0.05) is 6.42 Å². The molecule has 17 unspecified atom stereocenters. The molecule has 0 saturated carbocycles. The Bertz CT molecular complexity index is 1790. The second-order valence-corrected chi connectivity index (χ2v) is 26.4. The Labute approximate surface area is 549 Å². The molecule has 19 nitrogen and oxygen atoms in total. The molecule has 0 radical (unpaired) electrons. The average Bonchev–Trinajstić information content (AvgIpc) is 0.885. The third kappa shape index (κ3) is 35.7. The molecule has 17 atom stereocenters. The van der Waals surface area contributed by atoms with E-state index in [-0.39, 0.29) is 18.9 Å². The van der Waals surface area contributed by atoms with Crippen LogP contribution in [0.3, 0.4) is 0 Å². The van der Waals surface area contributed by atoms with E-state index in [1.54, 1.807) is 6.08 Å². The van der Waals surface area contributed by atoms with Gasteiger partial charge in [-0.3, -0.25) is 4.79 Å². The quantitative estimate of drug-likeness (QED) is 0.0199. The lowest BCUT2D eigenvalue weighted by atomic mass is 9.96. The Balaban J connectivity index is 1.42. The summed E-state index contributed by atoms with van der Waals surface area (Å²) in [5, 5.41) is 121. The first-order valence-corrected chi connectivity index (χ1v) is 36.7. The standard InChI is InChI=1S/C72H133NO18/c1-3-5-7-9-11-13-15-17-19-21-23-24-25-26-27-28-29-30-32-34-36-38-40-42-44-46-48-50-60(78)73-55(56(77)49-47-45-43-41-39-37-35-33-31-22-20-18-16-14-12-10-8-6-4-2)54-86-70-66(84)63(81)68(58(52-75)88-70)91-72-67(85)64(82)69(59(53-76)89-72)90-71-65(83)62(80)61(79)57(51-74)87-71/h21,23,39,41,47,49,55-59,61-72,74-77,79-85H,3-20,22,24-38,40,42-46,48,50-54H2,1-2H3,(H,73,78)/b23-21-,41-39+,49-47+. The summed E-state index contributed by atoms with van der Waals surface area (Å²) in [6.07, 6.45) is 37.0. The maximum atomic E-state index is 13.4. The summed E-state index contributed by atoms with van der Waals surface area (Å²) in [5.74, 6) is -0.282. The molecule has 1 amide bonds. The molecule has 0 aromatic carbocycles. The number of allylic oxidation sites excluding steroid dienone is 5. The molecule has 19 heteroatoms. The number of aliphatic hydroxyl groups excluding tert-OH is 11. The first-order valence-electron chi connectivity index (χ1n) is 36.7. The van der Waals surface area contributed by atoms with Crippen molar-refractivity contribution in [3.05, 3.63) is 36.5 Å². The molecular formula is C72H133NO18. The van der Waals surface area contributed by atoms with Crippen LogP contribution in [0.15, 0.2) is 36.5 Å². The highest BCUT2D eigenvalue weighted by molar-refractivity contribution is 5.76. The highest BCUT2D eigenvalue weighted by Gasteiger charge is 2.53. The van der Waals surface area contributed by atoms with Crippen LogP contribution in [0.1, 0.15) is 284 Å². The number of carbonyl (C=O) groups is 1. The summed E-state index contributed by atoms with van der Waals surface area (Å²) in [5.41, 5.74) is 0. The van der Waals surface area contributed by atoms with E-state index < -0.39 is 124 Å². The van der Waals surface area contributed by atoms with Gasteiger partial charge >= 0.3 is 0 Å². The maximum Gasteiger partial charge on any atom is 0.220 e. The topological polar surface area (TPSA) is 307 Å². The van der Waals surface area contributed by atoms with Crippen LogP contribution in [-0.4, -0.2) is 193 Å². The van der Waals surface area contributed by atoms with Gasteiger partial charge in [0.05, 0.1) is 38.6 Å². The summed E-state index contributed by atoms with van der Waals surface area (Å²) in [6.45, 7) is 1.74. The van der Waals surface area contributed by atoms with E-state index in [2.05, 4.69) is 43.5 Å². The van der Waals surface area contributed by atoms with E-state index in [4.69, 9.17) is 28.4 Å². The summed E-state index contributed by atoms with van der Waals surface area (Å²) >= 11 is 0.